The standard InChI is InChI=1S/C23H32N2O2/c26-21(9-17-3-1-16(2-4-17)7-18-5-6-24-14-18)25-22-10-19-8-20(11-22)13-23(27,12-19)15-22/h1-4,18-20,24,27H,5-15H2,(H,25,26). The summed E-state index contributed by atoms with van der Waals surface area (Å²) in [5, 5.41) is 17.7. The zero-order chi connectivity index (χ0) is 18.5. The summed E-state index contributed by atoms with van der Waals surface area (Å²) in [6.45, 7) is 2.27. The quantitative estimate of drug-likeness (QED) is 0.749. The first-order chi connectivity index (χ1) is 13.0. The molecule has 1 amide bonds. The summed E-state index contributed by atoms with van der Waals surface area (Å²) in [6.07, 6.45) is 8.85. The predicted octanol–water partition coefficient (Wildman–Crippen LogP) is 2.58. The topological polar surface area (TPSA) is 61.4 Å². The number of aliphatic hydroxyl groups is 1. The Morgan fingerprint density at radius 3 is 2.44 bits per heavy atom. The van der Waals surface area contributed by atoms with Crippen molar-refractivity contribution in [3.8, 4) is 0 Å². The fourth-order valence-electron chi connectivity index (χ4n) is 6.90. The largest absolute Gasteiger partial charge is 0.390 e. The van der Waals surface area contributed by atoms with Gasteiger partial charge in [0.05, 0.1) is 12.0 Å². The van der Waals surface area contributed by atoms with Gasteiger partial charge in [0.15, 0.2) is 0 Å². The molecule has 0 radical (unpaired) electrons. The molecule has 1 aromatic rings. The van der Waals surface area contributed by atoms with E-state index in [1.54, 1.807) is 0 Å². The van der Waals surface area contributed by atoms with E-state index in [4.69, 9.17) is 0 Å². The Labute approximate surface area is 162 Å². The van der Waals surface area contributed by atoms with Crippen LogP contribution in [0.1, 0.15) is 56.1 Å². The third-order valence-electron chi connectivity index (χ3n) is 7.51. The molecule has 4 nitrogen and oxygen atoms in total. The molecule has 3 unspecified atom stereocenters. The molecule has 4 heteroatoms. The Bertz CT molecular complexity index is 694. The predicted molar refractivity (Wildman–Crippen MR) is 105 cm³/mol. The van der Waals surface area contributed by atoms with Gasteiger partial charge in [0, 0.05) is 5.54 Å². The number of amides is 1. The lowest BCUT2D eigenvalue weighted by molar-refractivity contribution is -0.150. The molecular formula is C23H32N2O2. The fraction of sp³-hybridized carbons (Fsp3) is 0.696. The summed E-state index contributed by atoms with van der Waals surface area (Å²) in [7, 11) is 0. The summed E-state index contributed by atoms with van der Waals surface area (Å²) < 4.78 is 0. The molecule has 1 heterocycles. The second-order valence-corrected chi connectivity index (χ2v) is 10.1. The van der Waals surface area contributed by atoms with E-state index >= 15 is 0 Å². The molecule has 0 spiro atoms. The van der Waals surface area contributed by atoms with Gasteiger partial charge in [-0.05, 0) is 93.3 Å². The number of hydrogen-bond donors (Lipinski definition) is 3. The molecule has 0 aromatic heterocycles. The van der Waals surface area contributed by atoms with Crippen molar-refractivity contribution in [1.29, 1.82) is 0 Å². The maximum absolute atomic E-state index is 12.8. The number of hydrogen-bond acceptors (Lipinski definition) is 3. The summed E-state index contributed by atoms with van der Waals surface area (Å²) >= 11 is 0. The highest BCUT2D eigenvalue weighted by Gasteiger charge is 2.57. The molecule has 1 aromatic carbocycles. The molecule has 6 rings (SSSR count). The summed E-state index contributed by atoms with van der Waals surface area (Å²) in [6, 6.07) is 8.61. The van der Waals surface area contributed by atoms with Crippen molar-refractivity contribution in [3.05, 3.63) is 35.4 Å². The van der Waals surface area contributed by atoms with Crippen LogP contribution in [0.3, 0.4) is 0 Å². The number of nitrogens with one attached hydrogen (secondary N) is 2. The summed E-state index contributed by atoms with van der Waals surface area (Å²) in [4.78, 5) is 12.8. The van der Waals surface area contributed by atoms with Crippen LogP contribution in [0.4, 0.5) is 0 Å². The second-order valence-electron chi connectivity index (χ2n) is 10.1. The first-order valence-electron chi connectivity index (χ1n) is 10.8. The van der Waals surface area contributed by atoms with E-state index in [0.29, 0.717) is 18.3 Å². The minimum absolute atomic E-state index is 0.119. The molecule has 4 aliphatic carbocycles. The minimum Gasteiger partial charge on any atom is -0.390 e. The van der Waals surface area contributed by atoms with Crippen LogP contribution in [-0.4, -0.2) is 35.2 Å². The van der Waals surface area contributed by atoms with Crippen molar-refractivity contribution in [2.75, 3.05) is 13.1 Å². The van der Waals surface area contributed by atoms with Gasteiger partial charge in [-0.1, -0.05) is 24.3 Å². The van der Waals surface area contributed by atoms with Crippen molar-refractivity contribution in [2.24, 2.45) is 17.8 Å². The number of rotatable bonds is 5. The summed E-state index contributed by atoms with van der Waals surface area (Å²) in [5.74, 6) is 2.07. The van der Waals surface area contributed by atoms with Crippen molar-refractivity contribution >= 4 is 5.91 Å². The van der Waals surface area contributed by atoms with Gasteiger partial charge in [0.2, 0.25) is 5.91 Å². The van der Waals surface area contributed by atoms with E-state index in [9.17, 15) is 9.90 Å². The van der Waals surface area contributed by atoms with Gasteiger partial charge < -0.3 is 15.7 Å². The van der Waals surface area contributed by atoms with Gasteiger partial charge in [0.25, 0.3) is 0 Å². The molecular weight excluding hydrogens is 336 g/mol. The Kier molecular flexibility index (Phi) is 4.32. The normalized spacial score (nSPS) is 39.7. The van der Waals surface area contributed by atoms with Crippen LogP contribution in [0.25, 0.3) is 0 Å². The van der Waals surface area contributed by atoms with Crippen LogP contribution in [0.5, 0.6) is 0 Å². The van der Waals surface area contributed by atoms with Crippen LogP contribution in [0, 0.1) is 17.8 Å². The molecule has 5 fully saturated rings. The van der Waals surface area contributed by atoms with Gasteiger partial charge in [-0.3, -0.25) is 4.79 Å². The van der Waals surface area contributed by atoms with E-state index in [1.165, 1.54) is 18.4 Å². The Morgan fingerprint density at radius 2 is 1.81 bits per heavy atom. The first kappa shape index (κ1) is 17.7. The first-order valence-corrected chi connectivity index (χ1v) is 10.8. The van der Waals surface area contributed by atoms with Crippen molar-refractivity contribution in [1.82, 2.24) is 10.6 Å². The fourth-order valence-corrected chi connectivity index (χ4v) is 6.90. The lowest BCUT2D eigenvalue weighted by Gasteiger charge is -2.60. The van der Waals surface area contributed by atoms with Crippen LogP contribution in [-0.2, 0) is 17.6 Å². The van der Waals surface area contributed by atoms with Crippen LogP contribution in [0.15, 0.2) is 24.3 Å². The number of carbonyl (C=O) groups excluding carboxylic acids is 1. The highest BCUT2D eigenvalue weighted by Crippen LogP contribution is 2.57. The molecule has 3 atom stereocenters. The lowest BCUT2D eigenvalue weighted by atomic mass is 9.51. The molecule has 4 bridgehead atoms. The van der Waals surface area contributed by atoms with E-state index in [0.717, 1.165) is 63.1 Å². The third kappa shape index (κ3) is 3.66. The molecule has 1 aliphatic heterocycles. The molecule has 27 heavy (non-hydrogen) atoms. The molecule has 4 saturated carbocycles. The second kappa shape index (κ2) is 6.59. The van der Waals surface area contributed by atoms with Crippen LogP contribution < -0.4 is 10.6 Å². The van der Waals surface area contributed by atoms with Crippen molar-refractivity contribution < 1.29 is 9.90 Å². The average Bonchev–Trinajstić information content (AvgIpc) is 3.06. The minimum atomic E-state index is -0.520. The van der Waals surface area contributed by atoms with Gasteiger partial charge >= 0.3 is 0 Å². The van der Waals surface area contributed by atoms with E-state index in [1.807, 2.05) is 0 Å². The molecule has 1 saturated heterocycles. The zero-order valence-corrected chi connectivity index (χ0v) is 16.2. The maximum atomic E-state index is 12.8. The Morgan fingerprint density at radius 1 is 1.11 bits per heavy atom. The Balaban J connectivity index is 1.20. The zero-order valence-electron chi connectivity index (χ0n) is 16.2. The van der Waals surface area contributed by atoms with E-state index in [2.05, 4.69) is 34.9 Å². The highest BCUT2D eigenvalue weighted by atomic mass is 16.3. The SMILES string of the molecule is O=C(Cc1ccc(CC2CCNC2)cc1)NC12CC3CC(CC(O)(C3)C1)C2. The van der Waals surface area contributed by atoms with Crippen molar-refractivity contribution in [2.45, 2.75) is 68.9 Å². The van der Waals surface area contributed by atoms with Crippen LogP contribution >= 0.6 is 0 Å². The third-order valence-corrected chi connectivity index (χ3v) is 7.51. The van der Waals surface area contributed by atoms with Gasteiger partial charge in [-0.25, -0.2) is 0 Å². The Hall–Kier alpha value is -1.39. The lowest BCUT2D eigenvalue weighted by Crippen LogP contribution is -2.65. The molecule has 3 N–H and O–H groups in total. The monoisotopic (exact) mass is 368 g/mol. The van der Waals surface area contributed by atoms with Crippen molar-refractivity contribution in [3.63, 3.8) is 0 Å². The van der Waals surface area contributed by atoms with Gasteiger partial charge in [0.1, 0.15) is 0 Å². The number of benzene rings is 1. The van der Waals surface area contributed by atoms with Gasteiger partial charge in [-0.15, -0.1) is 0 Å². The molecule has 5 aliphatic rings. The van der Waals surface area contributed by atoms with Crippen LogP contribution in [0.2, 0.25) is 0 Å². The van der Waals surface area contributed by atoms with Gasteiger partial charge in [-0.2, -0.15) is 0 Å². The number of carbonyl (C=O) groups is 1. The smallest absolute Gasteiger partial charge is 0.224 e. The highest BCUT2D eigenvalue weighted by molar-refractivity contribution is 5.79. The summed E-state index contributed by atoms with van der Waals surface area (Å²) in [5.41, 5.74) is 1.79. The average molecular weight is 369 g/mol. The van der Waals surface area contributed by atoms with E-state index in [-0.39, 0.29) is 11.4 Å². The maximum Gasteiger partial charge on any atom is 0.224 e. The van der Waals surface area contributed by atoms with E-state index < -0.39 is 5.60 Å². The molecule has 146 valence electrons.